The number of aliphatic hydroxyl groups is 3. The van der Waals surface area contributed by atoms with Gasteiger partial charge in [0.25, 0.3) is 5.91 Å². The Bertz CT molecular complexity index is 1450. The van der Waals surface area contributed by atoms with E-state index in [-0.39, 0.29) is 24.1 Å². The topological polar surface area (TPSA) is 194 Å². The zero-order valence-corrected chi connectivity index (χ0v) is 22.9. The number of aliphatic hydroxyl groups excluding tert-OH is 2. The number of carbonyl (C=O) groups excluding carboxylic acids is 4. The molecule has 7 N–H and O–H groups in total. The molecule has 2 fully saturated rings. The molecule has 1 aliphatic heterocycles. The molecule has 0 unspecified atom stereocenters. The Kier molecular flexibility index (Phi) is 6.95. The average molecular weight is 573 g/mol. The molecular weight excluding hydrogens is 539 g/mol. The molecule has 4 aliphatic rings. The molecule has 12 nitrogen and oxygen atoms in total. The lowest BCUT2D eigenvalue weighted by molar-refractivity contribution is -0.153. The number of fused-ring (bicyclic) bond motifs is 3. The van der Waals surface area contributed by atoms with E-state index in [1.807, 2.05) is 11.8 Å². The summed E-state index contributed by atoms with van der Waals surface area (Å²) < 4.78 is 15.5. The summed E-state index contributed by atoms with van der Waals surface area (Å²) in [5.74, 6) is -9.56. The quantitative estimate of drug-likeness (QED) is 0.214. The van der Waals surface area contributed by atoms with E-state index in [9.17, 15) is 39.6 Å². The lowest BCUT2D eigenvalue weighted by Crippen LogP contribution is -2.65. The van der Waals surface area contributed by atoms with Crippen molar-refractivity contribution in [2.45, 2.75) is 50.3 Å². The van der Waals surface area contributed by atoms with E-state index in [4.69, 9.17) is 5.73 Å². The Labute approximate surface area is 234 Å². The SMILES string of the molecule is CCN1CCC[C@H]1C(=O)Nc1cc(F)c2c(c1O)C(O)=C1C(=O)[C@]3(O)C(O)=C(C(N)=O)C(=O)[C@@H](N(C)C)[C@@H]3C[C@@H]1C2. The van der Waals surface area contributed by atoms with Gasteiger partial charge in [-0.2, -0.15) is 0 Å². The van der Waals surface area contributed by atoms with Gasteiger partial charge in [0.1, 0.15) is 22.9 Å². The molecule has 0 aromatic heterocycles. The third-order valence-corrected chi connectivity index (χ3v) is 9.00. The van der Waals surface area contributed by atoms with E-state index < -0.39 is 92.7 Å². The Morgan fingerprint density at radius 3 is 2.54 bits per heavy atom. The number of ketones is 2. The van der Waals surface area contributed by atoms with Crippen LogP contribution in [0.5, 0.6) is 5.75 Å². The third-order valence-electron chi connectivity index (χ3n) is 9.00. The van der Waals surface area contributed by atoms with Crippen LogP contribution in [0.3, 0.4) is 0 Å². The molecule has 0 radical (unpaired) electrons. The zero-order valence-electron chi connectivity index (χ0n) is 22.9. The fourth-order valence-electron chi connectivity index (χ4n) is 7.08. The Hall–Kier alpha value is -3.81. The summed E-state index contributed by atoms with van der Waals surface area (Å²) in [4.78, 5) is 55.4. The number of likely N-dealkylation sites (N-methyl/N-ethyl adjacent to an activating group) is 2. The fourth-order valence-corrected chi connectivity index (χ4v) is 7.08. The molecule has 1 saturated carbocycles. The lowest BCUT2D eigenvalue weighted by atomic mass is 9.57. The van der Waals surface area contributed by atoms with Crippen molar-refractivity contribution in [3.05, 3.63) is 39.9 Å². The first-order valence-electron chi connectivity index (χ1n) is 13.5. The second kappa shape index (κ2) is 9.93. The van der Waals surface area contributed by atoms with Gasteiger partial charge in [-0.15, -0.1) is 0 Å². The maximum atomic E-state index is 15.5. The first-order valence-corrected chi connectivity index (χ1v) is 13.5. The Balaban J connectivity index is 1.61. The minimum atomic E-state index is -2.80. The van der Waals surface area contributed by atoms with Crippen LogP contribution in [0.25, 0.3) is 5.76 Å². The van der Waals surface area contributed by atoms with E-state index in [0.29, 0.717) is 13.0 Å². The molecule has 0 bridgehead atoms. The minimum absolute atomic E-state index is 0.109. The molecule has 41 heavy (non-hydrogen) atoms. The number of benzene rings is 1. The smallest absolute Gasteiger partial charge is 0.255 e. The highest BCUT2D eigenvalue weighted by molar-refractivity contribution is 6.24. The van der Waals surface area contributed by atoms with Crippen LogP contribution in [0.15, 0.2) is 23.0 Å². The summed E-state index contributed by atoms with van der Waals surface area (Å²) in [5, 5.41) is 47.5. The number of nitrogens with one attached hydrogen (secondary N) is 1. The van der Waals surface area contributed by atoms with Gasteiger partial charge in [-0.1, -0.05) is 6.92 Å². The van der Waals surface area contributed by atoms with Crippen LogP contribution in [0, 0.1) is 17.7 Å². The van der Waals surface area contributed by atoms with Crippen LogP contribution in [0.2, 0.25) is 0 Å². The number of phenols is 1. The Morgan fingerprint density at radius 1 is 1.24 bits per heavy atom. The second-order valence-corrected chi connectivity index (χ2v) is 11.3. The zero-order chi connectivity index (χ0) is 30.1. The van der Waals surface area contributed by atoms with Crippen molar-refractivity contribution >= 4 is 34.8 Å². The second-order valence-electron chi connectivity index (χ2n) is 11.3. The van der Waals surface area contributed by atoms with Crippen molar-refractivity contribution in [2.75, 3.05) is 32.5 Å². The fraction of sp³-hybridized carbons (Fsp3) is 0.500. The van der Waals surface area contributed by atoms with Gasteiger partial charge in [0.15, 0.2) is 17.1 Å². The summed E-state index contributed by atoms with van der Waals surface area (Å²) in [6, 6.07) is -0.757. The van der Waals surface area contributed by atoms with Gasteiger partial charge >= 0.3 is 0 Å². The third kappa shape index (κ3) is 4.05. The normalized spacial score (nSPS) is 29.9. The molecule has 220 valence electrons. The monoisotopic (exact) mass is 572 g/mol. The van der Waals surface area contributed by atoms with Crippen LogP contribution in [0.4, 0.5) is 10.1 Å². The number of nitrogens with two attached hydrogens (primary N) is 1. The summed E-state index contributed by atoms with van der Waals surface area (Å²) in [6.07, 6.45) is 1.04. The first kappa shape index (κ1) is 28.7. The number of Topliss-reactive ketones (excluding diaryl/α,β-unsaturated/α-hetero) is 2. The minimum Gasteiger partial charge on any atom is -0.508 e. The highest BCUT2D eigenvalue weighted by Gasteiger charge is 2.64. The number of primary amides is 1. The Morgan fingerprint density at radius 2 is 1.93 bits per heavy atom. The van der Waals surface area contributed by atoms with Gasteiger partial charge in [-0.3, -0.25) is 29.0 Å². The van der Waals surface area contributed by atoms with E-state index >= 15 is 4.39 Å². The van der Waals surface area contributed by atoms with E-state index in [0.717, 1.165) is 19.0 Å². The summed E-state index contributed by atoms with van der Waals surface area (Å²) in [7, 11) is 2.98. The molecule has 1 saturated heterocycles. The molecular formula is C28H33FN4O8. The number of hydrogen-bond acceptors (Lipinski definition) is 10. The lowest BCUT2D eigenvalue weighted by Gasteiger charge is -2.50. The number of nitrogens with zero attached hydrogens (tertiary/aromatic N) is 2. The van der Waals surface area contributed by atoms with Crippen molar-refractivity contribution < 1.29 is 44.0 Å². The molecule has 1 aromatic carbocycles. The van der Waals surface area contributed by atoms with E-state index in [1.54, 1.807) is 0 Å². The van der Waals surface area contributed by atoms with Crippen LogP contribution in [-0.2, 0) is 25.6 Å². The van der Waals surface area contributed by atoms with Gasteiger partial charge in [0.05, 0.1) is 23.3 Å². The van der Waals surface area contributed by atoms with Crippen molar-refractivity contribution in [1.29, 1.82) is 0 Å². The standard InChI is InChI=1S/C28H33FN4O8/c1-4-33-7-5-6-16(33)27(40)31-15-10-14(29)12-8-11-9-13-20(32(2)3)23(36)19(26(30)39)25(38)28(13,41)24(37)17(11)22(35)18(12)21(15)34/h10-11,13,16,20,34-35,38,41H,4-9H2,1-3H3,(H2,30,39)(H,31,40)/t11-,13-,16-,20-,28-/m0/s1. The number of halogens is 1. The van der Waals surface area contributed by atoms with E-state index in [2.05, 4.69) is 5.32 Å². The van der Waals surface area contributed by atoms with Crippen LogP contribution in [0.1, 0.15) is 37.3 Å². The maximum absolute atomic E-state index is 15.5. The number of likely N-dealkylation sites (tertiary alicyclic amines) is 1. The molecule has 5 rings (SSSR count). The molecule has 1 aromatic rings. The van der Waals surface area contributed by atoms with Crippen LogP contribution < -0.4 is 11.1 Å². The van der Waals surface area contributed by atoms with Crippen molar-refractivity contribution in [2.24, 2.45) is 17.6 Å². The maximum Gasteiger partial charge on any atom is 0.255 e. The predicted molar refractivity (Wildman–Crippen MR) is 143 cm³/mol. The molecule has 1 heterocycles. The molecule has 13 heteroatoms. The highest BCUT2D eigenvalue weighted by Crippen LogP contribution is 2.53. The predicted octanol–water partition coefficient (Wildman–Crippen LogP) is 0.526. The molecule has 3 aliphatic carbocycles. The number of aromatic hydroxyl groups is 1. The molecule has 0 spiro atoms. The average Bonchev–Trinajstić information content (AvgIpc) is 3.38. The van der Waals surface area contributed by atoms with Crippen molar-refractivity contribution in [3.63, 3.8) is 0 Å². The van der Waals surface area contributed by atoms with E-state index in [1.165, 1.54) is 19.0 Å². The number of anilines is 1. The summed E-state index contributed by atoms with van der Waals surface area (Å²) in [5.41, 5.74) is 0.383. The van der Waals surface area contributed by atoms with Gasteiger partial charge in [-0.25, -0.2) is 4.39 Å². The largest absolute Gasteiger partial charge is 0.508 e. The van der Waals surface area contributed by atoms with Gasteiger partial charge in [0.2, 0.25) is 11.7 Å². The van der Waals surface area contributed by atoms with Crippen LogP contribution >= 0.6 is 0 Å². The van der Waals surface area contributed by atoms with Crippen molar-refractivity contribution in [1.82, 2.24) is 9.80 Å². The number of carbonyl (C=O) groups is 4. The number of hydrogen-bond donors (Lipinski definition) is 6. The molecule has 2 amide bonds. The van der Waals surface area contributed by atoms with Crippen LogP contribution in [-0.4, -0.2) is 98.5 Å². The van der Waals surface area contributed by atoms with Gasteiger partial charge in [-0.05, 0) is 58.8 Å². The summed E-state index contributed by atoms with van der Waals surface area (Å²) >= 11 is 0. The summed E-state index contributed by atoms with van der Waals surface area (Å²) in [6.45, 7) is 3.25. The van der Waals surface area contributed by atoms with Gasteiger partial charge in [0, 0.05) is 23.1 Å². The number of rotatable bonds is 5. The number of phenolic OH excluding ortho intramolecular Hbond substituents is 1. The number of amides is 2. The van der Waals surface area contributed by atoms with Gasteiger partial charge < -0.3 is 31.5 Å². The van der Waals surface area contributed by atoms with Crippen molar-refractivity contribution in [3.8, 4) is 5.75 Å². The first-order chi connectivity index (χ1) is 19.2. The highest BCUT2D eigenvalue weighted by atomic mass is 19.1. The molecule has 5 atom stereocenters.